The summed E-state index contributed by atoms with van der Waals surface area (Å²) in [6.07, 6.45) is -3.53. The standard InChI is InChI=1S/C14H12F3N5O3S/c15-14(16,17)12-11(26-8-19-12)13(23)21-5-3-20(4-6-21)10-2-1-9(7-18-10)22(24)25/h1-2,7-8H,3-6H2. The second kappa shape index (κ2) is 6.86. The van der Waals surface area contributed by atoms with Gasteiger partial charge >= 0.3 is 6.18 Å². The first-order chi connectivity index (χ1) is 12.3. The van der Waals surface area contributed by atoms with Crippen LogP contribution in [-0.2, 0) is 6.18 Å². The third-order valence-electron chi connectivity index (χ3n) is 3.86. The van der Waals surface area contributed by atoms with Crippen LogP contribution in [0.5, 0.6) is 0 Å². The highest BCUT2D eigenvalue weighted by Crippen LogP contribution is 2.33. The zero-order valence-electron chi connectivity index (χ0n) is 13.1. The van der Waals surface area contributed by atoms with Gasteiger partial charge in [0.25, 0.3) is 11.6 Å². The Kier molecular flexibility index (Phi) is 4.76. The normalized spacial score (nSPS) is 15.2. The van der Waals surface area contributed by atoms with Crippen LogP contribution in [0.1, 0.15) is 15.4 Å². The third-order valence-corrected chi connectivity index (χ3v) is 4.68. The number of hydrogen-bond donors (Lipinski definition) is 0. The molecule has 12 heteroatoms. The van der Waals surface area contributed by atoms with Crippen LogP contribution in [0, 0.1) is 10.1 Å². The number of nitrogens with zero attached hydrogens (tertiary/aromatic N) is 5. The average molecular weight is 387 g/mol. The van der Waals surface area contributed by atoms with E-state index in [4.69, 9.17) is 0 Å². The van der Waals surface area contributed by atoms with E-state index >= 15 is 0 Å². The molecule has 0 spiro atoms. The van der Waals surface area contributed by atoms with E-state index in [0.29, 0.717) is 30.2 Å². The molecule has 1 saturated heterocycles. The molecule has 26 heavy (non-hydrogen) atoms. The number of halogens is 3. The van der Waals surface area contributed by atoms with Gasteiger partial charge in [-0.15, -0.1) is 11.3 Å². The topological polar surface area (TPSA) is 92.5 Å². The number of carbonyl (C=O) groups excluding carboxylic acids is 1. The number of amides is 1. The van der Waals surface area contributed by atoms with Gasteiger partial charge in [-0.2, -0.15) is 13.2 Å². The van der Waals surface area contributed by atoms with Gasteiger partial charge in [0.1, 0.15) is 16.9 Å². The Balaban J connectivity index is 1.66. The molecule has 1 fully saturated rings. The van der Waals surface area contributed by atoms with E-state index in [0.717, 1.165) is 11.7 Å². The summed E-state index contributed by atoms with van der Waals surface area (Å²) in [6, 6.07) is 2.83. The molecule has 3 heterocycles. The summed E-state index contributed by atoms with van der Waals surface area (Å²) in [5, 5.41) is 10.6. The molecule has 0 unspecified atom stereocenters. The summed E-state index contributed by atoms with van der Waals surface area (Å²) in [5.74, 6) is -0.187. The predicted molar refractivity (Wildman–Crippen MR) is 86.1 cm³/mol. The summed E-state index contributed by atoms with van der Waals surface area (Å²) in [7, 11) is 0. The van der Waals surface area contributed by atoms with Gasteiger partial charge in [-0.1, -0.05) is 0 Å². The lowest BCUT2D eigenvalue weighted by atomic mass is 10.2. The fourth-order valence-electron chi connectivity index (χ4n) is 2.56. The second-order valence-corrected chi connectivity index (χ2v) is 6.29. The highest BCUT2D eigenvalue weighted by Gasteiger charge is 2.39. The van der Waals surface area contributed by atoms with E-state index in [1.807, 2.05) is 4.90 Å². The molecule has 0 saturated carbocycles. The minimum absolute atomic E-state index is 0.132. The van der Waals surface area contributed by atoms with Gasteiger partial charge in [0.15, 0.2) is 5.69 Å². The Bertz CT molecular complexity index is 816. The van der Waals surface area contributed by atoms with Crippen LogP contribution in [0.4, 0.5) is 24.7 Å². The summed E-state index contributed by atoms with van der Waals surface area (Å²) in [5.41, 5.74) is -0.285. The molecule has 1 amide bonds. The smallest absolute Gasteiger partial charge is 0.353 e. The monoisotopic (exact) mass is 387 g/mol. The molecule has 2 aromatic heterocycles. The molecule has 0 bridgehead atoms. The summed E-state index contributed by atoms with van der Waals surface area (Å²) in [6.45, 7) is 1.15. The van der Waals surface area contributed by atoms with Crippen molar-refractivity contribution >= 4 is 28.7 Å². The van der Waals surface area contributed by atoms with Crippen LogP contribution in [-0.4, -0.2) is 51.9 Å². The Hall–Kier alpha value is -2.76. The molecule has 2 aromatic rings. The van der Waals surface area contributed by atoms with Crippen LogP contribution in [0.15, 0.2) is 23.8 Å². The number of anilines is 1. The van der Waals surface area contributed by atoms with Gasteiger partial charge in [-0.3, -0.25) is 14.9 Å². The van der Waals surface area contributed by atoms with Crippen LogP contribution < -0.4 is 4.90 Å². The lowest BCUT2D eigenvalue weighted by Gasteiger charge is -2.35. The van der Waals surface area contributed by atoms with Crippen molar-refractivity contribution in [2.75, 3.05) is 31.1 Å². The van der Waals surface area contributed by atoms with Crippen molar-refractivity contribution in [1.29, 1.82) is 0 Å². The van der Waals surface area contributed by atoms with Crippen molar-refractivity contribution in [1.82, 2.24) is 14.9 Å². The lowest BCUT2D eigenvalue weighted by molar-refractivity contribution is -0.385. The number of alkyl halides is 3. The maximum atomic E-state index is 12.9. The van der Waals surface area contributed by atoms with Gasteiger partial charge < -0.3 is 9.80 Å². The minimum Gasteiger partial charge on any atom is -0.353 e. The molecule has 3 rings (SSSR count). The zero-order chi connectivity index (χ0) is 18.9. The molecule has 8 nitrogen and oxygen atoms in total. The Morgan fingerprint density at radius 1 is 1.19 bits per heavy atom. The Morgan fingerprint density at radius 2 is 1.88 bits per heavy atom. The fraction of sp³-hybridized carbons (Fsp3) is 0.357. The van der Waals surface area contributed by atoms with Crippen LogP contribution in [0.2, 0.25) is 0 Å². The molecule has 1 aliphatic heterocycles. The number of piperazine rings is 1. The number of nitro groups is 1. The van der Waals surface area contributed by atoms with E-state index in [2.05, 4.69) is 9.97 Å². The first-order valence-corrected chi connectivity index (χ1v) is 8.30. The molecular formula is C14H12F3N5O3S. The number of carbonyl (C=O) groups is 1. The average Bonchev–Trinajstić information content (AvgIpc) is 3.11. The quantitative estimate of drug-likeness (QED) is 0.593. The molecule has 0 atom stereocenters. The van der Waals surface area contributed by atoms with Crippen LogP contribution in [0.25, 0.3) is 0 Å². The molecule has 0 aliphatic carbocycles. The first-order valence-electron chi connectivity index (χ1n) is 7.42. The summed E-state index contributed by atoms with van der Waals surface area (Å²) < 4.78 is 38.7. The molecule has 0 N–H and O–H groups in total. The third kappa shape index (κ3) is 3.59. The van der Waals surface area contributed by atoms with Gasteiger partial charge in [-0.05, 0) is 6.07 Å². The first kappa shape index (κ1) is 18.0. The van der Waals surface area contributed by atoms with Crippen molar-refractivity contribution in [3.05, 3.63) is 44.5 Å². The van der Waals surface area contributed by atoms with Crippen molar-refractivity contribution < 1.29 is 22.9 Å². The van der Waals surface area contributed by atoms with Crippen LogP contribution >= 0.6 is 11.3 Å². The summed E-state index contributed by atoms with van der Waals surface area (Å²) >= 11 is 0.668. The fourth-order valence-corrected chi connectivity index (χ4v) is 3.33. The van der Waals surface area contributed by atoms with Crippen molar-refractivity contribution in [2.45, 2.75) is 6.18 Å². The molecule has 1 aliphatic rings. The zero-order valence-corrected chi connectivity index (χ0v) is 14.0. The summed E-state index contributed by atoms with van der Waals surface area (Å²) in [4.78, 5) is 32.5. The van der Waals surface area contributed by atoms with E-state index in [1.165, 1.54) is 17.0 Å². The van der Waals surface area contributed by atoms with Crippen molar-refractivity contribution in [3.63, 3.8) is 0 Å². The Morgan fingerprint density at radius 3 is 2.42 bits per heavy atom. The van der Waals surface area contributed by atoms with Crippen molar-refractivity contribution in [3.8, 4) is 0 Å². The molecule has 0 radical (unpaired) electrons. The molecular weight excluding hydrogens is 375 g/mol. The number of aromatic nitrogens is 2. The van der Waals surface area contributed by atoms with Gasteiger partial charge in [0, 0.05) is 32.2 Å². The van der Waals surface area contributed by atoms with Gasteiger partial charge in [0.2, 0.25) is 0 Å². The van der Waals surface area contributed by atoms with Gasteiger partial charge in [0.05, 0.1) is 10.4 Å². The predicted octanol–water partition coefficient (Wildman–Crippen LogP) is 2.43. The maximum absolute atomic E-state index is 12.9. The SMILES string of the molecule is O=C(c1scnc1C(F)(F)F)N1CCN(c2ccc([N+](=O)[O-])cn2)CC1. The van der Waals surface area contributed by atoms with E-state index < -0.39 is 27.6 Å². The van der Waals surface area contributed by atoms with E-state index in [1.54, 1.807) is 0 Å². The van der Waals surface area contributed by atoms with E-state index in [9.17, 15) is 28.1 Å². The number of pyridine rings is 1. The lowest BCUT2D eigenvalue weighted by Crippen LogP contribution is -2.49. The molecule has 138 valence electrons. The Labute approximate surface area is 149 Å². The maximum Gasteiger partial charge on any atom is 0.434 e. The highest BCUT2D eigenvalue weighted by molar-refractivity contribution is 7.11. The van der Waals surface area contributed by atoms with E-state index in [-0.39, 0.29) is 18.8 Å². The van der Waals surface area contributed by atoms with Gasteiger partial charge in [-0.25, -0.2) is 9.97 Å². The minimum atomic E-state index is -4.67. The largest absolute Gasteiger partial charge is 0.434 e. The number of hydrogen-bond acceptors (Lipinski definition) is 7. The second-order valence-electron chi connectivity index (χ2n) is 5.44. The van der Waals surface area contributed by atoms with Crippen LogP contribution in [0.3, 0.4) is 0 Å². The highest BCUT2D eigenvalue weighted by atomic mass is 32.1. The number of rotatable bonds is 3. The number of thiazole rings is 1. The molecule has 0 aromatic carbocycles. The van der Waals surface area contributed by atoms with Crippen molar-refractivity contribution in [2.24, 2.45) is 0 Å².